The van der Waals surface area contributed by atoms with Gasteiger partial charge in [-0.15, -0.1) is 0 Å². The van der Waals surface area contributed by atoms with Crippen LogP contribution in [0.2, 0.25) is 0 Å². The Morgan fingerprint density at radius 1 is 1.29 bits per heavy atom. The number of methoxy groups -OCH3 is 1. The number of hydrogen-bond acceptors (Lipinski definition) is 5. The lowest BCUT2D eigenvalue weighted by molar-refractivity contribution is -0.143. The van der Waals surface area contributed by atoms with Gasteiger partial charge in [0.2, 0.25) is 0 Å². The summed E-state index contributed by atoms with van der Waals surface area (Å²) in [5.74, 6) is -1.43. The number of benzene rings is 1. The molecule has 0 saturated heterocycles. The van der Waals surface area contributed by atoms with Gasteiger partial charge in [0.25, 0.3) is 0 Å². The minimum atomic E-state index is -3.04. The monoisotopic (exact) mass is 302 g/mol. The van der Waals surface area contributed by atoms with Gasteiger partial charge in [-0.05, 0) is 31.0 Å². The summed E-state index contributed by atoms with van der Waals surface area (Å²) in [6.07, 6.45) is 0.446. The number of alkyl halides is 2. The second-order valence-electron chi connectivity index (χ2n) is 4.01. The summed E-state index contributed by atoms with van der Waals surface area (Å²) in [7, 11) is 1.14. The molecule has 0 bridgehead atoms. The Morgan fingerprint density at radius 3 is 2.57 bits per heavy atom. The van der Waals surface area contributed by atoms with Gasteiger partial charge in [0, 0.05) is 6.42 Å². The number of carbonyl (C=O) groups excluding carboxylic acids is 2. The lowest BCUT2D eigenvalue weighted by Gasteiger charge is -2.11. The molecular weight excluding hydrogens is 286 g/mol. The van der Waals surface area contributed by atoms with Crippen molar-refractivity contribution < 1.29 is 32.6 Å². The molecule has 0 heterocycles. The average Bonchev–Trinajstić information content (AvgIpc) is 2.45. The second-order valence-corrected chi connectivity index (χ2v) is 4.01. The fourth-order valence-electron chi connectivity index (χ4n) is 1.68. The molecule has 0 atom stereocenters. The Morgan fingerprint density at radius 2 is 2.00 bits per heavy atom. The molecule has 1 rings (SSSR count). The lowest BCUT2D eigenvalue weighted by Crippen LogP contribution is -2.10. The van der Waals surface area contributed by atoms with Crippen molar-refractivity contribution in [3.05, 3.63) is 29.3 Å². The number of esters is 2. The predicted molar refractivity (Wildman–Crippen MR) is 69.4 cm³/mol. The van der Waals surface area contributed by atoms with Crippen molar-refractivity contribution in [1.29, 1.82) is 0 Å². The van der Waals surface area contributed by atoms with E-state index >= 15 is 0 Å². The minimum Gasteiger partial charge on any atom is -0.466 e. The van der Waals surface area contributed by atoms with Gasteiger partial charge in [0.15, 0.2) is 0 Å². The molecule has 0 unspecified atom stereocenters. The maximum absolute atomic E-state index is 12.3. The van der Waals surface area contributed by atoms with Gasteiger partial charge >= 0.3 is 18.6 Å². The van der Waals surface area contributed by atoms with Gasteiger partial charge in [0.05, 0.1) is 13.7 Å². The largest absolute Gasteiger partial charge is 0.466 e. The quantitative estimate of drug-likeness (QED) is 0.724. The van der Waals surface area contributed by atoms with Crippen LogP contribution in [0.15, 0.2) is 18.2 Å². The Labute approximate surface area is 120 Å². The molecule has 0 aliphatic rings. The first kappa shape index (κ1) is 16.9. The van der Waals surface area contributed by atoms with Crippen molar-refractivity contribution in [1.82, 2.24) is 0 Å². The first-order valence-corrected chi connectivity index (χ1v) is 6.29. The molecule has 0 spiro atoms. The maximum Gasteiger partial charge on any atom is 0.387 e. The van der Waals surface area contributed by atoms with Gasteiger partial charge < -0.3 is 14.2 Å². The number of hydrogen-bond donors (Lipinski definition) is 0. The molecule has 0 N–H and O–H groups in total. The number of ether oxygens (including phenoxy) is 3. The molecule has 0 aliphatic carbocycles. The average molecular weight is 302 g/mol. The van der Waals surface area contributed by atoms with Gasteiger partial charge in [0.1, 0.15) is 11.3 Å². The van der Waals surface area contributed by atoms with Crippen LogP contribution in [0.1, 0.15) is 29.3 Å². The van der Waals surface area contributed by atoms with Crippen molar-refractivity contribution in [2.75, 3.05) is 13.7 Å². The summed E-state index contributed by atoms with van der Waals surface area (Å²) in [6, 6.07) is 4.12. The summed E-state index contributed by atoms with van der Waals surface area (Å²) in [5, 5.41) is 0. The van der Waals surface area contributed by atoms with Crippen molar-refractivity contribution >= 4 is 11.9 Å². The highest BCUT2D eigenvalue weighted by Gasteiger charge is 2.17. The first-order valence-electron chi connectivity index (χ1n) is 6.29. The standard InChI is InChI=1S/C14H16F2O5/c1-3-20-12(17)7-5-9-4-6-11(21-14(15)16)10(8-9)13(18)19-2/h4,6,8,14H,3,5,7H2,1-2H3. The van der Waals surface area contributed by atoms with Crippen LogP contribution in [0.3, 0.4) is 0 Å². The van der Waals surface area contributed by atoms with E-state index in [1.807, 2.05) is 0 Å². The molecule has 0 aromatic heterocycles. The third-order valence-corrected chi connectivity index (χ3v) is 2.59. The van der Waals surface area contributed by atoms with E-state index in [1.165, 1.54) is 18.2 Å². The van der Waals surface area contributed by atoms with Crippen LogP contribution in [0, 0.1) is 0 Å². The Hall–Kier alpha value is -2.18. The number of carbonyl (C=O) groups is 2. The molecule has 1 aromatic rings. The zero-order valence-corrected chi connectivity index (χ0v) is 11.7. The highest BCUT2D eigenvalue weighted by molar-refractivity contribution is 5.92. The van der Waals surface area contributed by atoms with Gasteiger partial charge in [-0.2, -0.15) is 8.78 Å². The zero-order chi connectivity index (χ0) is 15.8. The van der Waals surface area contributed by atoms with E-state index in [0.29, 0.717) is 12.0 Å². The first-order chi connectivity index (χ1) is 9.97. The molecule has 1 aromatic carbocycles. The van der Waals surface area contributed by atoms with E-state index in [9.17, 15) is 18.4 Å². The highest BCUT2D eigenvalue weighted by Crippen LogP contribution is 2.23. The summed E-state index contributed by atoms with van der Waals surface area (Å²) in [5.41, 5.74) is 0.504. The molecule has 0 aliphatic heterocycles. The molecule has 116 valence electrons. The molecule has 7 heteroatoms. The summed E-state index contributed by atoms with van der Waals surface area (Å²) in [4.78, 5) is 22.8. The van der Waals surface area contributed by atoms with E-state index in [4.69, 9.17) is 4.74 Å². The van der Waals surface area contributed by atoms with Crippen LogP contribution < -0.4 is 4.74 Å². The molecule has 0 radical (unpaired) electrons. The second kappa shape index (κ2) is 8.18. The van der Waals surface area contributed by atoms with Crippen molar-refractivity contribution in [3.8, 4) is 5.75 Å². The van der Waals surface area contributed by atoms with Crippen molar-refractivity contribution in [3.63, 3.8) is 0 Å². The fourth-order valence-corrected chi connectivity index (χ4v) is 1.68. The zero-order valence-electron chi connectivity index (χ0n) is 11.7. The Kier molecular flexibility index (Phi) is 6.58. The van der Waals surface area contributed by atoms with E-state index < -0.39 is 12.6 Å². The van der Waals surface area contributed by atoms with Crippen LogP contribution in [-0.4, -0.2) is 32.3 Å². The van der Waals surface area contributed by atoms with Crippen molar-refractivity contribution in [2.45, 2.75) is 26.4 Å². The van der Waals surface area contributed by atoms with Gasteiger partial charge in [-0.3, -0.25) is 4.79 Å². The molecule has 0 saturated carbocycles. The van der Waals surface area contributed by atoms with E-state index in [1.54, 1.807) is 6.92 Å². The van der Waals surface area contributed by atoms with E-state index in [-0.39, 0.29) is 30.3 Å². The summed E-state index contributed by atoms with van der Waals surface area (Å²) in [6.45, 7) is -1.06. The van der Waals surface area contributed by atoms with Gasteiger partial charge in [-0.1, -0.05) is 6.07 Å². The predicted octanol–water partition coefficient (Wildman–Crippen LogP) is 2.57. The minimum absolute atomic E-state index is 0.112. The van der Waals surface area contributed by atoms with Crippen molar-refractivity contribution in [2.24, 2.45) is 0 Å². The Bertz CT molecular complexity index is 502. The smallest absolute Gasteiger partial charge is 0.387 e. The van der Waals surface area contributed by atoms with Crippen LogP contribution >= 0.6 is 0 Å². The van der Waals surface area contributed by atoms with E-state index in [0.717, 1.165) is 7.11 Å². The van der Waals surface area contributed by atoms with Gasteiger partial charge in [-0.25, -0.2) is 4.79 Å². The fraction of sp³-hybridized carbons (Fsp3) is 0.429. The van der Waals surface area contributed by atoms with E-state index in [2.05, 4.69) is 9.47 Å². The van der Waals surface area contributed by atoms with Crippen LogP contribution in [0.5, 0.6) is 5.75 Å². The summed E-state index contributed by atoms with van der Waals surface area (Å²) < 4.78 is 38.1. The number of halogens is 2. The molecule has 0 amide bonds. The highest BCUT2D eigenvalue weighted by atomic mass is 19.3. The van der Waals surface area contributed by atoms with Crippen LogP contribution in [0.4, 0.5) is 8.78 Å². The molecule has 5 nitrogen and oxygen atoms in total. The molecular formula is C14H16F2O5. The number of rotatable bonds is 7. The third kappa shape index (κ3) is 5.37. The summed E-state index contributed by atoms with van der Waals surface area (Å²) >= 11 is 0. The topological polar surface area (TPSA) is 61.8 Å². The Balaban J connectivity index is 2.88. The normalized spacial score (nSPS) is 10.3. The molecule has 0 fully saturated rings. The number of aryl methyl sites for hydroxylation is 1. The molecule has 21 heavy (non-hydrogen) atoms. The van der Waals surface area contributed by atoms with Crippen LogP contribution in [-0.2, 0) is 20.7 Å². The van der Waals surface area contributed by atoms with Crippen LogP contribution in [0.25, 0.3) is 0 Å². The third-order valence-electron chi connectivity index (χ3n) is 2.59. The lowest BCUT2D eigenvalue weighted by atomic mass is 10.1. The maximum atomic E-state index is 12.3. The SMILES string of the molecule is CCOC(=O)CCc1ccc(OC(F)F)c(C(=O)OC)c1.